The maximum atomic E-state index is 6.00. The first-order valence-corrected chi connectivity index (χ1v) is 5.57. The zero-order chi connectivity index (χ0) is 10.6. The fourth-order valence-corrected chi connectivity index (χ4v) is 2.33. The van der Waals surface area contributed by atoms with Crippen molar-refractivity contribution < 1.29 is 4.74 Å². The minimum absolute atomic E-state index is 0.598. The van der Waals surface area contributed by atoms with E-state index in [2.05, 4.69) is 21.2 Å². The molecule has 78 valence electrons. The fraction of sp³-hybridized carbons (Fsp3) is 0.333. The highest BCUT2D eigenvalue weighted by molar-refractivity contribution is 9.10. The quantitative estimate of drug-likeness (QED) is 0.854. The molecule has 0 fully saturated rings. The zero-order valence-electron chi connectivity index (χ0n) is 7.61. The third-order valence-electron chi connectivity index (χ3n) is 1.61. The van der Waals surface area contributed by atoms with Crippen LogP contribution in [0.5, 0.6) is 0 Å². The second kappa shape index (κ2) is 5.81. The molecule has 5 heteroatoms. The number of halogens is 3. The molecule has 14 heavy (non-hydrogen) atoms. The molecule has 0 aliphatic carbocycles. The van der Waals surface area contributed by atoms with Crippen LogP contribution >= 0.6 is 39.1 Å². The van der Waals surface area contributed by atoms with Gasteiger partial charge in [-0.3, -0.25) is 0 Å². The van der Waals surface area contributed by atoms with Gasteiger partial charge in [0.15, 0.2) is 0 Å². The molecule has 0 heterocycles. The van der Waals surface area contributed by atoms with Gasteiger partial charge in [0.1, 0.15) is 0 Å². The van der Waals surface area contributed by atoms with Crippen molar-refractivity contribution >= 4 is 44.8 Å². The minimum atomic E-state index is 0.598. The van der Waals surface area contributed by atoms with Gasteiger partial charge >= 0.3 is 0 Å². The Morgan fingerprint density at radius 2 is 1.93 bits per heavy atom. The topological polar surface area (TPSA) is 21.3 Å². The highest BCUT2D eigenvalue weighted by Gasteiger charge is 2.06. The van der Waals surface area contributed by atoms with Gasteiger partial charge in [0.05, 0.1) is 22.3 Å². The molecule has 0 aliphatic rings. The molecule has 0 saturated carbocycles. The van der Waals surface area contributed by atoms with Gasteiger partial charge in [0, 0.05) is 18.1 Å². The Labute approximate surface area is 102 Å². The van der Waals surface area contributed by atoms with E-state index in [0.29, 0.717) is 23.2 Å². The lowest BCUT2D eigenvalue weighted by Gasteiger charge is -2.10. The Bertz CT molecular complexity index is 297. The number of hydrogen-bond acceptors (Lipinski definition) is 2. The highest BCUT2D eigenvalue weighted by atomic mass is 79.9. The van der Waals surface area contributed by atoms with E-state index in [1.807, 2.05) is 0 Å². The standard InChI is InChI=1S/C9H10BrCl2NO/c1-14-3-2-13-9-7(11)4-6(10)5-8(9)12/h4-5,13H,2-3H2,1H3. The van der Waals surface area contributed by atoms with Crippen LogP contribution in [-0.4, -0.2) is 20.3 Å². The first-order chi connectivity index (χ1) is 6.65. The molecule has 0 unspecified atom stereocenters. The normalized spacial score (nSPS) is 10.3. The molecule has 0 amide bonds. The van der Waals surface area contributed by atoms with Crippen molar-refractivity contribution in [3.63, 3.8) is 0 Å². The SMILES string of the molecule is COCCNc1c(Cl)cc(Br)cc1Cl. The monoisotopic (exact) mass is 297 g/mol. The maximum absolute atomic E-state index is 6.00. The molecular weight excluding hydrogens is 289 g/mol. The van der Waals surface area contributed by atoms with Crippen molar-refractivity contribution in [2.75, 3.05) is 25.6 Å². The van der Waals surface area contributed by atoms with E-state index < -0.39 is 0 Å². The Balaban J connectivity index is 2.75. The van der Waals surface area contributed by atoms with E-state index in [1.165, 1.54) is 0 Å². The molecule has 0 atom stereocenters. The number of anilines is 1. The van der Waals surface area contributed by atoms with Crippen molar-refractivity contribution in [2.45, 2.75) is 0 Å². The number of ether oxygens (including phenoxy) is 1. The number of nitrogens with one attached hydrogen (secondary N) is 1. The number of methoxy groups -OCH3 is 1. The van der Waals surface area contributed by atoms with Crippen LogP contribution in [0.25, 0.3) is 0 Å². The molecule has 2 nitrogen and oxygen atoms in total. The van der Waals surface area contributed by atoms with E-state index in [4.69, 9.17) is 27.9 Å². The van der Waals surface area contributed by atoms with Crippen LogP contribution in [0, 0.1) is 0 Å². The first-order valence-electron chi connectivity index (χ1n) is 4.02. The average Bonchev–Trinajstić information content (AvgIpc) is 2.09. The predicted molar refractivity (Wildman–Crippen MR) is 64.5 cm³/mol. The average molecular weight is 299 g/mol. The van der Waals surface area contributed by atoms with E-state index in [0.717, 1.165) is 10.2 Å². The van der Waals surface area contributed by atoms with Crippen LogP contribution in [0.4, 0.5) is 5.69 Å². The Kier molecular flexibility index (Phi) is 5.02. The van der Waals surface area contributed by atoms with Gasteiger partial charge < -0.3 is 10.1 Å². The van der Waals surface area contributed by atoms with E-state index in [-0.39, 0.29) is 0 Å². The van der Waals surface area contributed by atoms with Crippen LogP contribution < -0.4 is 5.32 Å². The summed E-state index contributed by atoms with van der Waals surface area (Å²) in [4.78, 5) is 0. The predicted octanol–water partition coefficient (Wildman–Crippen LogP) is 3.81. The summed E-state index contributed by atoms with van der Waals surface area (Å²) in [5.74, 6) is 0. The van der Waals surface area contributed by atoms with Crippen LogP contribution in [-0.2, 0) is 4.74 Å². The number of hydrogen-bond donors (Lipinski definition) is 1. The summed E-state index contributed by atoms with van der Waals surface area (Å²) < 4.78 is 5.77. The first kappa shape index (κ1) is 12.1. The number of benzene rings is 1. The molecule has 1 N–H and O–H groups in total. The summed E-state index contributed by atoms with van der Waals surface area (Å²) in [5, 5.41) is 4.29. The van der Waals surface area contributed by atoms with Gasteiger partial charge in [0.2, 0.25) is 0 Å². The summed E-state index contributed by atoms with van der Waals surface area (Å²) in [6, 6.07) is 3.59. The van der Waals surface area contributed by atoms with Gasteiger partial charge in [-0.2, -0.15) is 0 Å². The Morgan fingerprint density at radius 3 is 2.43 bits per heavy atom. The fourth-order valence-electron chi connectivity index (χ4n) is 0.989. The van der Waals surface area contributed by atoms with Crippen molar-refractivity contribution in [1.29, 1.82) is 0 Å². The van der Waals surface area contributed by atoms with Crippen molar-refractivity contribution in [2.24, 2.45) is 0 Å². The summed E-state index contributed by atoms with van der Waals surface area (Å²) in [7, 11) is 1.65. The van der Waals surface area contributed by atoms with Crippen LogP contribution in [0.3, 0.4) is 0 Å². The molecule has 1 rings (SSSR count). The van der Waals surface area contributed by atoms with Gasteiger partial charge in [-0.25, -0.2) is 0 Å². The van der Waals surface area contributed by atoms with Crippen LogP contribution in [0.1, 0.15) is 0 Å². The van der Waals surface area contributed by atoms with E-state index in [9.17, 15) is 0 Å². The molecule has 0 aromatic heterocycles. The van der Waals surface area contributed by atoms with Gasteiger partial charge in [0.25, 0.3) is 0 Å². The molecular formula is C9H10BrCl2NO. The highest BCUT2D eigenvalue weighted by Crippen LogP contribution is 2.33. The number of rotatable bonds is 4. The Hall–Kier alpha value is 0.0400. The van der Waals surface area contributed by atoms with Crippen molar-refractivity contribution in [3.05, 3.63) is 26.7 Å². The van der Waals surface area contributed by atoms with Gasteiger partial charge in [-0.15, -0.1) is 0 Å². The lowest BCUT2D eigenvalue weighted by molar-refractivity contribution is 0.211. The third kappa shape index (κ3) is 3.31. The molecule has 1 aromatic carbocycles. The van der Waals surface area contributed by atoms with Crippen molar-refractivity contribution in [1.82, 2.24) is 0 Å². The lowest BCUT2D eigenvalue weighted by atomic mass is 10.3. The van der Waals surface area contributed by atoms with Gasteiger partial charge in [-0.1, -0.05) is 39.1 Å². The van der Waals surface area contributed by atoms with Crippen molar-refractivity contribution in [3.8, 4) is 0 Å². The Morgan fingerprint density at radius 1 is 1.36 bits per heavy atom. The summed E-state index contributed by atoms with van der Waals surface area (Å²) in [5.41, 5.74) is 0.744. The van der Waals surface area contributed by atoms with Crippen LogP contribution in [0.2, 0.25) is 10.0 Å². The largest absolute Gasteiger partial charge is 0.383 e. The second-order valence-electron chi connectivity index (χ2n) is 2.66. The summed E-state index contributed by atoms with van der Waals surface area (Å²) in [6.07, 6.45) is 0. The molecule has 0 spiro atoms. The summed E-state index contributed by atoms with van der Waals surface area (Å²) >= 11 is 15.3. The molecule has 1 aromatic rings. The second-order valence-corrected chi connectivity index (χ2v) is 4.39. The minimum Gasteiger partial charge on any atom is -0.383 e. The molecule has 0 aliphatic heterocycles. The molecule has 0 radical (unpaired) electrons. The maximum Gasteiger partial charge on any atom is 0.0720 e. The summed E-state index contributed by atoms with van der Waals surface area (Å²) in [6.45, 7) is 1.29. The van der Waals surface area contributed by atoms with Gasteiger partial charge in [-0.05, 0) is 12.1 Å². The zero-order valence-corrected chi connectivity index (χ0v) is 10.7. The van der Waals surface area contributed by atoms with Crippen LogP contribution in [0.15, 0.2) is 16.6 Å². The molecule has 0 bridgehead atoms. The lowest BCUT2D eigenvalue weighted by Crippen LogP contribution is -2.08. The van der Waals surface area contributed by atoms with E-state index in [1.54, 1.807) is 19.2 Å². The smallest absolute Gasteiger partial charge is 0.0720 e. The molecule has 0 saturated heterocycles. The third-order valence-corrected chi connectivity index (χ3v) is 2.67. The van der Waals surface area contributed by atoms with E-state index >= 15 is 0 Å².